The summed E-state index contributed by atoms with van der Waals surface area (Å²) in [5, 5.41) is 3.40. The number of amides is 1. The minimum absolute atomic E-state index is 0.103. The monoisotopic (exact) mass is 373 g/mol. The maximum absolute atomic E-state index is 12.3. The molecule has 1 aromatic heterocycles. The average molecular weight is 373 g/mol. The first kappa shape index (κ1) is 18.5. The number of anilines is 1. The quantitative estimate of drug-likeness (QED) is 0.778. The zero-order valence-corrected chi connectivity index (χ0v) is 15.9. The van der Waals surface area contributed by atoms with E-state index < -0.39 is 5.97 Å². The van der Waals surface area contributed by atoms with Crippen LogP contribution in [0.2, 0.25) is 0 Å². The van der Waals surface area contributed by atoms with Crippen molar-refractivity contribution in [3.05, 3.63) is 45.8 Å². The number of hydrogen-bond donors (Lipinski definition) is 1. The molecule has 1 aliphatic carbocycles. The summed E-state index contributed by atoms with van der Waals surface area (Å²) in [4.78, 5) is 25.7. The highest BCUT2D eigenvalue weighted by molar-refractivity contribution is 7.17. The van der Waals surface area contributed by atoms with Gasteiger partial charge >= 0.3 is 5.97 Å². The summed E-state index contributed by atoms with van der Waals surface area (Å²) in [5.41, 5.74) is 2.75. The predicted molar refractivity (Wildman–Crippen MR) is 102 cm³/mol. The lowest BCUT2D eigenvalue weighted by Crippen LogP contribution is -2.21. The largest absolute Gasteiger partial charge is 0.484 e. The highest BCUT2D eigenvalue weighted by atomic mass is 32.1. The fraction of sp³-hybridized carbons (Fsp3) is 0.400. The van der Waals surface area contributed by atoms with Crippen molar-refractivity contribution in [2.45, 2.75) is 39.0 Å². The van der Waals surface area contributed by atoms with Crippen molar-refractivity contribution in [1.82, 2.24) is 0 Å². The molecule has 1 heterocycles. The van der Waals surface area contributed by atoms with Crippen molar-refractivity contribution in [3.63, 3.8) is 0 Å². The maximum atomic E-state index is 12.3. The Labute approximate surface area is 157 Å². The van der Waals surface area contributed by atoms with Crippen molar-refractivity contribution in [2.24, 2.45) is 0 Å². The molecule has 5 nitrogen and oxygen atoms in total. The number of esters is 1. The minimum Gasteiger partial charge on any atom is -0.484 e. The third-order valence-electron chi connectivity index (χ3n) is 4.52. The van der Waals surface area contributed by atoms with E-state index in [-0.39, 0.29) is 12.5 Å². The minimum atomic E-state index is -0.393. The number of methoxy groups -OCH3 is 1. The molecule has 0 atom stereocenters. The highest BCUT2D eigenvalue weighted by Gasteiger charge is 2.26. The van der Waals surface area contributed by atoms with Crippen molar-refractivity contribution < 1.29 is 19.1 Å². The van der Waals surface area contributed by atoms with Gasteiger partial charge in [-0.1, -0.05) is 19.1 Å². The lowest BCUT2D eigenvalue weighted by Gasteiger charge is -2.12. The molecule has 1 aliphatic rings. The van der Waals surface area contributed by atoms with Gasteiger partial charge in [-0.3, -0.25) is 4.79 Å². The predicted octanol–water partition coefficient (Wildman–Crippen LogP) is 3.99. The van der Waals surface area contributed by atoms with Gasteiger partial charge in [0.15, 0.2) is 6.61 Å². The summed E-state index contributed by atoms with van der Waals surface area (Å²) in [6, 6.07) is 7.68. The van der Waals surface area contributed by atoms with E-state index in [1.165, 1.54) is 28.9 Å². The van der Waals surface area contributed by atoms with E-state index in [1.54, 1.807) is 0 Å². The number of carbonyl (C=O) groups is 2. The lowest BCUT2D eigenvalue weighted by atomic mass is 9.95. The molecule has 0 spiro atoms. The van der Waals surface area contributed by atoms with Crippen molar-refractivity contribution in [1.29, 1.82) is 0 Å². The topological polar surface area (TPSA) is 64.6 Å². The Morgan fingerprint density at radius 1 is 1.15 bits per heavy atom. The summed E-state index contributed by atoms with van der Waals surface area (Å²) in [7, 11) is 1.36. The fourth-order valence-corrected chi connectivity index (χ4v) is 4.40. The molecule has 1 amide bonds. The number of ether oxygens (including phenoxy) is 2. The number of thiophene rings is 1. The Hall–Kier alpha value is -2.34. The molecule has 0 saturated heterocycles. The number of rotatable bonds is 6. The van der Waals surface area contributed by atoms with Gasteiger partial charge in [-0.05, 0) is 55.4 Å². The standard InChI is InChI=1S/C20H23NO4S/c1-3-13-8-10-14(11-9-13)25-12-17(22)21-19-18(20(23)24-2)15-6-4-5-7-16(15)26-19/h8-11H,3-7,12H2,1-2H3,(H,21,22). The molecule has 0 aliphatic heterocycles. The molecular formula is C20H23NO4S. The Balaban J connectivity index is 1.68. The summed E-state index contributed by atoms with van der Waals surface area (Å²) < 4.78 is 10.5. The zero-order valence-electron chi connectivity index (χ0n) is 15.1. The molecule has 138 valence electrons. The Morgan fingerprint density at radius 2 is 1.88 bits per heavy atom. The molecular weight excluding hydrogens is 350 g/mol. The van der Waals surface area contributed by atoms with E-state index in [0.29, 0.717) is 16.3 Å². The van der Waals surface area contributed by atoms with E-state index in [4.69, 9.17) is 9.47 Å². The molecule has 1 aromatic carbocycles. The van der Waals surface area contributed by atoms with Crippen LogP contribution in [0.5, 0.6) is 5.75 Å². The van der Waals surface area contributed by atoms with Gasteiger partial charge in [-0.15, -0.1) is 11.3 Å². The Bertz CT molecular complexity index is 795. The molecule has 0 unspecified atom stereocenters. The SMILES string of the molecule is CCc1ccc(OCC(=O)Nc2sc3c(c2C(=O)OC)CCCC3)cc1. The van der Waals surface area contributed by atoms with Crippen molar-refractivity contribution in [3.8, 4) is 5.75 Å². The van der Waals surface area contributed by atoms with Crippen molar-refractivity contribution in [2.75, 3.05) is 19.0 Å². The van der Waals surface area contributed by atoms with Crippen LogP contribution < -0.4 is 10.1 Å². The van der Waals surface area contributed by atoms with Crippen LogP contribution in [0.25, 0.3) is 0 Å². The molecule has 6 heteroatoms. The van der Waals surface area contributed by atoms with Gasteiger partial charge in [0, 0.05) is 4.88 Å². The van der Waals surface area contributed by atoms with E-state index in [1.807, 2.05) is 24.3 Å². The lowest BCUT2D eigenvalue weighted by molar-refractivity contribution is -0.118. The van der Waals surface area contributed by atoms with Crippen LogP contribution in [0.15, 0.2) is 24.3 Å². The second-order valence-electron chi connectivity index (χ2n) is 6.24. The van der Waals surface area contributed by atoms with Crippen LogP contribution in [0.4, 0.5) is 5.00 Å². The third kappa shape index (κ3) is 4.07. The second-order valence-corrected chi connectivity index (χ2v) is 7.35. The van der Waals surface area contributed by atoms with E-state index in [2.05, 4.69) is 12.2 Å². The van der Waals surface area contributed by atoms with E-state index in [0.717, 1.165) is 37.7 Å². The maximum Gasteiger partial charge on any atom is 0.341 e. The molecule has 2 aromatic rings. The molecule has 3 rings (SSSR count). The molecule has 26 heavy (non-hydrogen) atoms. The van der Waals surface area contributed by atoms with Crippen LogP contribution in [0.3, 0.4) is 0 Å². The Kier molecular flexibility index (Phi) is 5.93. The van der Waals surface area contributed by atoms with Gasteiger partial charge in [0.1, 0.15) is 10.8 Å². The fourth-order valence-electron chi connectivity index (χ4n) is 3.10. The number of aryl methyl sites for hydroxylation is 2. The summed E-state index contributed by atoms with van der Waals surface area (Å²) in [6.07, 6.45) is 4.92. The van der Waals surface area contributed by atoms with Crippen LogP contribution in [-0.4, -0.2) is 25.6 Å². The molecule has 0 fully saturated rings. The molecule has 1 N–H and O–H groups in total. The first-order valence-electron chi connectivity index (χ1n) is 8.86. The van der Waals surface area contributed by atoms with Gasteiger partial charge in [-0.25, -0.2) is 4.79 Å². The van der Waals surface area contributed by atoms with Crippen LogP contribution in [-0.2, 0) is 28.8 Å². The van der Waals surface area contributed by atoms with Gasteiger partial charge in [0.05, 0.1) is 12.7 Å². The van der Waals surface area contributed by atoms with Crippen LogP contribution in [0.1, 0.15) is 46.1 Å². The number of hydrogen-bond acceptors (Lipinski definition) is 5. The number of benzene rings is 1. The van der Waals surface area contributed by atoms with E-state index in [9.17, 15) is 9.59 Å². The van der Waals surface area contributed by atoms with Crippen LogP contribution in [0, 0.1) is 0 Å². The number of carbonyl (C=O) groups excluding carboxylic acids is 2. The van der Waals surface area contributed by atoms with Gasteiger partial charge in [0.25, 0.3) is 5.91 Å². The average Bonchev–Trinajstić information content (AvgIpc) is 3.03. The molecule has 0 saturated carbocycles. The van der Waals surface area contributed by atoms with Gasteiger partial charge < -0.3 is 14.8 Å². The second kappa shape index (κ2) is 8.36. The van der Waals surface area contributed by atoms with Crippen molar-refractivity contribution >= 4 is 28.2 Å². The van der Waals surface area contributed by atoms with Crippen LogP contribution >= 0.6 is 11.3 Å². The third-order valence-corrected chi connectivity index (χ3v) is 5.72. The first-order valence-corrected chi connectivity index (χ1v) is 9.68. The van der Waals surface area contributed by atoms with Gasteiger partial charge in [-0.2, -0.15) is 0 Å². The number of nitrogens with one attached hydrogen (secondary N) is 1. The molecule has 0 radical (unpaired) electrons. The Morgan fingerprint density at radius 3 is 2.58 bits per heavy atom. The summed E-state index contributed by atoms with van der Waals surface area (Å²) in [6.45, 7) is 1.98. The zero-order chi connectivity index (χ0) is 18.5. The highest BCUT2D eigenvalue weighted by Crippen LogP contribution is 2.38. The normalized spacial score (nSPS) is 13.0. The summed E-state index contributed by atoms with van der Waals surface area (Å²) >= 11 is 1.47. The number of fused-ring (bicyclic) bond motifs is 1. The van der Waals surface area contributed by atoms with Gasteiger partial charge in [0.2, 0.25) is 0 Å². The summed E-state index contributed by atoms with van der Waals surface area (Å²) in [5.74, 6) is -0.0277. The first-order chi connectivity index (χ1) is 12.6. The van der Waals surface area contributed by atoms with E-state index >= 15 is 0 Å². The molecule has 0 bridgehead atoms. The smallest absolute Gasteiger partial charge is 0.341 e.